The molecule has 0 spiro atoms. The fourth-order valence-corrected chi connectivity index (χ4v) is 1.33. The summed E-state index contributed by atoms with van der Waals surface area (Å²) in [5.74, 6) is 0.156. The summed E-state index contributed by atoms with van der Waals surface area (Å²) < 4.78 is 0. The van der Waals surface area contributed by atoms with E-state index in [4.69, 9.17) is 5.11 Å². The number of aliphatic hydroxyl groups is 1. The number of aromatic nitrogens is 1. The van der Waals surface area contributed by atoms with E-state index in [0.29, 0.717) is 18.2 Å². The Kier molecular flexibility index (Phi) is 5.50. The molecule has 0 saturated carbocycles. The minimum absolute atomic E-state index is 0.141. The third-order valence-corrected chi connectivity index (χ3v) is 2.37. The quantitative estimate of drug-likeness (QED) is 0.711. The zero-order valence-electron chi connectivity index (χ0n) is 9.52. The maximum absolute atomic E-state index is 11.5. The molecule has 0 fully saturated rings. The number of hydrogen-bond acceptors (Lipinski definition) is 3. The predicted octanol–water partition coefficient (Wildman–Crippen LogP) is 1.22. The molecular formula is C12H18N2O2. The van der Waals surface area contributed by atoms with Crippen LogP contribution in [0.4, 0.5) is 0 Å². The van der Waals surface area contributed by atoms with Gasteiger partial charge in [-0.25, -0.2) is 0 Å². The van der Waals surface area contributed by atoms with Gasteiger partial charge < -0.3 is 10.4 Å². The Labute approximate surface area is 95.7 Å². The lowest BCUT2D eigenvalue weighted by molar-refractivity contribution is 0.0947. The van der Waals surface area contributed by atoms with E-state index in [1.54, 1.807) is 24.4 Å². The molecule has 1 aromatic heterocycles. The normalized spacial score (nSPS) is 12.1. The van der Waals surface area contributed by atoms with E-state index >= 15 is 0 Å². The van der Waals surface area contributed by atoms with Crippen molar-refractivity contribution in [2.75, 3.05) is 13.2 Å². The van der Waals surface area contributed by atoms with Crippen molar-refractivity contribution in [1.29, 1.82) is 0 Å². The number of nitrogens with zero attached hydrogens (tertiary/aromatic N) is 1. The zero-order chi connectivity index (χ0) is 11.8. The highest BCUT2D eigenvalue weighted by Gasteiger charge is 2.05. The maximum Gasteiger partial charge on any atom is 0.269 e. The van der Waals surface area contributed by atoms with Crippen LogP contribution in [-0.2, 0) is 0 Å². The van der Waals surface area contributed by atoms with Crippen LogP contribution in [-0.4, -0.2) is 29.1 Å². The summed E-state index contributed by atoms with van der Waals surface area (Å²) in [6, 6.07) is 5.25. The van der Waals surface area contributed by atoms with Crippen molar-refractivity contribution in [3.8, 4) is 0 Å². The molecular weight excluding hydrogens is 204 g/mol. The number of pyridine rings is 1. The number of nitrogens with one attached hydrogen (secondary N) is 1. The van der Waals surface area contributed by atoms with Gasteiger partial charge in [0.15, 0.2) is 0 Å². The Bertz CT molecular complexity index is 314. The molecule has 1 unspecified atom stereocenters. The van der Waals surface area contributed by atoms with Gasteiger partial charge in [-0.2, -0.15) is 0 Å². The molecule has 0 aliphatic carbocycles. The van der Waals surface area contributed by atoms with Crippen LogP contribution in [0.3, 0.4) is 0 Å². The molecule has 2 N–H and O–H groups in total. The van der Waals surface area contributed by atoms with Gasteiger partial charge in [-0.15, -0.1) is 0 Å². The maximum atomic E-state index is 11.5. The topological polar surface area (TPSA) is 62.2 Å². The Hall–Kier alpha value is -1.42. The Morgan fingerprint density at radius 2 is 2.38 bits per heavy atom. The number of carbonyl (C=O) groups excluding carboxylic acids is 1. The second kappa shape index (κ2) is 6.95. The monoisotopic (exact) mass is 222 g/mol. The largest absolute Gasteiger partial charge is 0.396 e. The van der Waals surface area contributed by atoms with E-state index in [9.17, 15) is 4.79 Å². The van der Waals surface area contributed by atoms with Crippen molar-refractivity contribution in [3.63, 3.8) is 0 Å². The Balaban J connectivity index is 2.21. The molecule has 1 aromatic rings. The Morgan fingerprint density at radius 1 is 1.56 bits per heavy atom. The van der Waals surface area contributed by atoms with Crippen molar-refractivity contribution in [3.05, 3.63) is 30.1 Å². The van der Waals surface area contributed by atoms with E-state index in [-0.39, 0.29) is 12.5 Å². The second-order valence-electron chi connectivity index (χ2n) is 3.90. The molecule has 0 bridgehead atoms. The fourth-order valence-electron chi connectivity index (χ4n) is 1.33. The fraction of sp³-hybridized carbons (Fsp3) is 0.500. The molecule has 4 nitrogen and oxygen atoms in total. The third-order valence-electron chi connectivity index (χ3n) is 2.37. The average molecular weight is 222 g/mol. The number of hydrogen-bond donors (Lipinski definition) is 2. The number of carbonyl (C=O) groups is 1. The first-order chi connectivity index (χ1) is 7.74. The summed E-state index contributed by atoms with van der Waals surface area (Å²) in [7, 11) is 0. The van der Waals surface area contributed by atoms with Crippen LogP contribution >= 0.6 is 0 Å². The van der Waals surface area contributed by atoms with Gasteiger partial charge in [-0.3, -0.25) is 9.78 Å². The summed E-state index contributed by atoms with van der Waals surface area (Å²) in [6.07, 6.45) is 3.39. The summed E-state index contributed by atoms with van der Waals surface area (Å²) in [5.41, 5.74) is 0.442. The molecule has 16 heavy (non-hydrogen) atoms. The number of aliphatic hydroxyl groups excluding tert-OH is 1. The lowest BCUT2D eigenvalue weighted by atomic mass is 10.1. The van der Waals surface area contributed by atoms with Crippen LogP contribution < -0.4 is 5.32 Å². The molecule has 1 heterocycles. The highest BCUT2D eigenvalue weighted by molar-refractivity contribution is 5.92. The van der Waals surface area contributed by atoms with Crippen molar-refractivity contribution in [2.24, 2.45) is 5.92 Å². The molecule has 0 radical (unpaired) electrons. The molecule has 1 atom stereocenters. The van der Waals surface area contributed by atoms with Gasteiger partial charge in [-0.05, 0) is 30.9 Å². The Morgan fingerprint density at radius 3 is 3.00 bits per heavy atom. The van der Waals surface area contributed by atoms with E-state index in [1.807, 2.05) is 6.92 Å². The first-order valence-corrected chi connectivity index (χ1v) is 5.54. The van der Waals surface area contributed by atoms with Gasteiger partial charge in [0.2, 0.25) is 0 Å². The van der Waals surface area contributed by atoms with E-state index in [2.05, 4.69) is 10.3 Å². The molecule has 0 aliphatic heterocycles. The standard InChI is InChI=1S/C12H18N2O2/c1-10(9-15)5-4-8-14-12(16)11-6-2-3-7-13-11/h2-3,6-7,10,15H,4-5,8-9H2,1H3,(H,14,16). The number of rotatable bonds is 6. The van der Waals surface area contributed by atoms with Crippen molar-refractivity contribution in [2.45, 2.75) is 19.8 Å². The van der Waals surface area contributed by atoms with Crippen LogP contribution in [0.2, 0.25) is 0 Å². The second-order valence-corrected chi connectivity index (χ2v) is 3.90. The highest BCUT2D eigenvalue weighted by atomic mass is 16.3. The lowest BCUT2D eigenvalue weighted by Crippen LogP contribution is -2.25. The van der Waals surface area contributed by atoms with Crippen LogP contribution in [0.5, 0.6) is 0 Å². The van der Waals surface area contributed by atoms with Gasteiger partial charge in [-0.1, -0.05) is 13.0 Å². The van der Waals surface area contributed by atoms with Crippen LogP contribution in [0, 0.1) is 5.92 Å². The first kappa shape index (κ1) is 12.6. The highest BCUT2D eigenvalue weighted by Crippen LogP contribution is 2.02. The molecule has 4 heteroatoms. The molecule has 0 aromatic carbocycles. The summed E-state index contributed by atoms with van der Waals surface area (Å²) >= 11 is 0. The van der Waals surface area contributed by atoms with Gasteiger partial charge >= 0.3 is 0 Å². The average Bonchev–Trinajstić information content (AvgIpc) is 2.35. The first-order valence-electron chi connectivity index (χ1n) is 5.54. The molecule has 88 valence electrons. The van der Waals surface area contributed by atoms with Crippen LogP contribution in [0.25, 0.3) is 0 Å². The third kappa shape index (κ3) is 4.40. The van der Waals surface area contributed by atoms with Gasteiger partial charge in [0.05, 0.1) is 0 Å². The van der Waals surface area contributed by atoms with Crippen molar-refractivity contribution in [1.82, 2.24) is 10.3 Å². The van der Waals surface area contributed by atoms with E-state index in [0.717, 1.165) is 12.8 Å². The zero-order valence-corrected chi connectivity index (χ0v) is 9.52. The van der Waals surface area contributed by atoms with Crippen molar-refractivity contribution >= 4 is 5.91 Å². The van der Waals surface area contributed by atoms with Crippen LogP contribution in [0.15, 0.2) is 24.4 Å². The molecule has 1 amide bonds. The minimum Gasteiger partial charge on any atom is -0.396 e. The summed E-state index contributed by atoms with van der Waals surface area (Å²) in [4.78, 5) is 15.5. The van der Waals surface area contributed by atoms with E-state index < -0.39 is 0 Å². The SMILES string of the molecule is CC(CO)CCCNC(=O)c1ccccn1. The molecule has 1 rings (SSSR count). The minimum atomic E-state index is -0.141. The lowest BCUT2D eigenvalue weighted by Gasteiger charge is -2.08. The predicted molar refractivity (Wildman–Crippen MR) is 62.1 cm³/mol. The van der Waals surface area contributed by atoms with Gasteiger partial charge in [0, 0.05) is 19.3 Å². The van der Waals surface area contributed by atoms with Gasteiger partial charge in [0.25, 0.3) is 5.91 Å². The molecule has 0 saturated heterocycles. The van der Waals surface area contributed by atoms with E-state index in [1.165, 1.54) is 0 Å². The summed E-state index contributed by atoms with van der Waals surface area (Å²) in [5, 5.41) is 11.6. The molecule has 0 aliphatic rings. The number of amides is 1. The van der Waals surface area contributed by atoms with Crippen LogP contribution in [0.1, 0.15) is 30.3 Å². The van der Waals surface area contributed by atoms with Crippen molar-refractivity contribution < 1.29 is 9.90 Å². The summed E-state index contributed by atoms with van der Waals surface area (Å²) in [6.45, 7) is 2.81. The van der Waals surface area contributed by atoms with Gasteiger partial charge in [0.1, 0.15) is 5.69 Å². The smallest absolute Gasteiger partial charge is 0.269 e.